The van der Waals surface area contributed by atoms with Crippen LogP contribution in [0.25, 0.3) is 44.2 Å². The number of benzene rings is 7. The lowest BCUT2D eigenvalue weighted by Gasteiger charge is -2.36. The molecule has 0 aromatic heterocycles. The minimum absolute atomic E-state index is 0.0708. The highest BCUT2D eigenvalue weighted by atomic mass is 15.1. The standard InChI is InChI=1S/C50H41N/c1-49(2)45-13-7-5-11-41(45)43-25-23-40(30-48(43)49)51(38-21-18-34(19-22-38)36-17-16-33-9-3-4-10-35(33)28-36)39-24-26-47-44(29-39)42-12-6-8-14-46(42)50(47)31-32-15-20-37(50)27-32/h3-14,16-19,21-26,28-30,32,37H,15,20,27,31H2,1-2H3. The van der Waals surface area contributed by atoms with Crippen molar-refractivity contribution in [1.82, 2.24) is 0 Å². The minimum Gasteiger partial charge on any atom is -0.310 e. The van der Waals surface area contributed by atoms with Gasteiger partial charge in [-0.15, -0.1) is 0 Å². The van der Waals surface area contributed by atoms with Gasteiger partial charge in [0.15, 0.2) is 0 Å². The maximum absolute atomic E-state index is 2.51. The predicted octanol–water partition coefficient (Wildman–Crippen LogP) is 13.4. The number of hydrogen-bond donors (Lipinski definition) is 0. The first-order valence-electron chi connectivity index (χ1n) is 18.9. The molecule has 0 radical (unpaired) electrons. The van der Waals surface area contributed by atoms with Crippen molar-refractivity contribution >= 4 is 27.8 Å². The average molecular weight is 656 g/mol. The van der Waals surface area contributed by atoms with Gasteiger partial charge in [0.25, 0.3) is 0 Å². The highest BCUT2D eigenvalue weighted by Crippen LogP contribution is 2.66. The molecule has 1 nitrogen and oxygen atoms in total. The van der Waals surface area contributed by atoms with E-state index in [4.69, 9.17) is 0 Å². The molecule has 7 aromatic rings. The summed E-state index contributed by atoms with van der Waals surface area (Å²) < 4.78 is 0. The first-order valence-corrected chi connectivity index (χ1v) is 18.9. The van der Waals surface area contributed by atoms with Crippen molar-refractivity contribution < 1.29 is 0 Å². The molecule has 0 aliphatic heterocycles. The molecule has 246 valence electrons. The highest BCUT2D eigenvalue weighted by Gasteiger charge is 2.56. The first-order chi connectivity index (χ1) is 25.0. The normalized spacial score (nSPS) is 21.5. The van der Waals surface area contributed by atoms with Crippen molar-refractivity contribution in [3.8, 4) is 33.4 Å². The molecule has 0 heterocycles. The topological polar surface area (TPSA) is 3.24 Å². The molecule has 1 spiro atoms. The van der Waals surface area contributed by atoms with Gasteiger partial charge in [-0.1, -0.05) is 129 Å². The molecule has 2 fully saturated rings. The van der Waals surface area contributed by atoms with Gasteiger partial charge in [0.2, 0.25) is 0 Å². The molecule has 2 saturated carbocycles. The number of anilines is 3. The van der Waals surface area contributed by atoms with E-state index >= 15 is 0 Å². The zero-order chi connectivity index (χ0) is 33.9. The molecule has 51 heavy (non-hydrogen) atoms. The first kappa shape index (κ1) is 29.3. The van der Waals surface area contributed by atoms with E-state index in [1.807, 2.05) is 0 Å². The third kappa shape index (κ3) is 4.09. The molecular weight excluding hydrogens is 615 g/mol. The molecule has 11 rings (SSSR count). The van der Waals surface area contributed by atoms with Gasteiger partial charge < -0.3 is 4.90 Å². The highest BCUT2D eigenvalue weighted by molar-refractivity contribution is 5.91. The Morgan fingerprint density at radius 1 is 0.471 bits per heavy atom. The molecule has 7 aromatic carbocycles. The third-order valence-corrected chi connectivity index (χ3v) is 13.3. The summed E-state index contributed by atoms with van der Waals surface area (Å²) in [6, 6.07) is 57.5. The van der Waals surface area contributed by atoms with E-state index < -0.39 is 0 Å². The summed E-state index contributed by atoms with van der Waals surface area (Å²) in [7, 11) is 0. The van der Waals surface area contributed by atoms with Crippen LogP contribution in [0.1, 0.15) is 61.8 Å². The van der Waals surface area contributed by atoms with Crippen molar-refractivity contribution in [2.45, 2.75) is 50.4 Å². The molecule has 0 amide bonds. The zero-order valence-electron chi connectivity index (χ0n) is 29.4. The van der Waals surface area contributed by atoms with E-state index in [-0.39, 0.29) is 10.8 Å². The molecule has 2 bridgehead atoms. The SMILES string of the molecule is CC1(C)c2ccccc2-c2ccc(N(c3ccc(-c4ccc5ccccc5c4)cc3)c3ccc4c(c3)-c3ccccc3C43CC4CCC3C4)cc21. The Hall–Kier alpha value is -5.40. The number of nitrogens with zero attached hydrogens (tertiary/aromatic N) is 1. The predicted molar refractivity (Wildman–Crippen MR) is 213 cm³/mol. The fourth-order valence-electron chi connectivity index (χ4n) is 11.0. The van der Waals surface area contributed by atoms with Crippen LogP contribution < -0.4 is 4.90 Å². The molecule has 3 atom stereocenters. The summed E-state index contributed by atoms with van der Waals surface area (Å²) >= 11 is 0. The van der Waals surface area contributed by atoms with Gasteiger partial charge >= 0.3 is 0 Å². The van der Waals surface area contributed by atoms with Crippen molar-refractivity contribution in [3.63, 3.8) is 0 Å². The van der Waals surface area contributed by atoms with E-state index in [0.717, 1.165) is 11.8 Å². The smallest absolute Gasteiger partial charge is 0.0468 e. The van der Waals surface area contributed by atoms with Gasteiger partial charge in [-0.3, -0.25) is 0 Å². The minimum atomic E-state index is -0.0708. The summed E-state index contributed by atoms with van der Waals surface area (Å²) in [4.78, 5) is 2.50. The van der Waals surface area contributed by atoms with Crippen LogP contribution in [0.5, 0.6) is 0 Å². The van der Waals surface area contributed by atoms with E-state index in [1.165, 1.54) is 98.0 Å². The second-order valence-electron chi connectivity index (χ2n) is 16.2. The van der Waals surface area contributed by atoms with E-state index in [9.17, 15) is 0 Å². The van der Waals surface area contributed by atoms with Crippen LogP contribution >= 0.6 is 0 Å². The lowest BCUT2D eigenvalue weighted by Crippen LogP contribution is -2.31. The van der Waals surface area contributed by atoms with Gasteiger partial charge in [0.05, 0.1) is 0 Å². The van der Waals surface area contributed by atoms with Crippen LogP contribution in [-0.2, 0) is 10.8 Å². The Morgan fingerprint density at radius 3 is 1.88 bits per heavy atom. The summed E-state index contributed by atoms with van der Waals surface area (Å²) in [5, 5.41) is 2.55. The zero-order valence-corrected chi connectivity index (χ0v) is 29.4. The molecule has 4 aliphatic rings. The lowest BCUT2D eigenvalue weighted by atomic mass is 9.67. The quantitative estimate of drug-likeness (QED) is 0.182. The van der Waals surface area contributed by atoms with Gasteiger partial charge in [-0.2, -0.15) is 0 Å². The Balaban J connectivity index is 1.07. The van der Waals surface area contributed by atoms with Gasteiger partial charge in [-0.25, -0.2) is 0 Å². The van der Waals surface area contributed by atoms with Crippen LogP contribution in [0.15, 0.2) is 152 Å². The van der Waals surface area contributed by atoms with Crippen molar-refractivity contribution in [2.75, 3.05) is 4.90 Å². The average Bonchev–Trinajstić information content (AvgIpc) is 3.92. The number of hydrogen-bond acceptors (Lipinski definition) is 1. The summed E-state index contributed by atoms with van der Waals surface area (Å²) in [5.41, 5.74) is 17.7. The molecule has 4 aliphatic carbocycles. The maximum atomic E-state index is 2.51. The second-order valence-corrected chi connectivity index (χ2v) is 16.2. The van der Waals surface area contributed by atoms with Gasteiger partial charge in [-0.05, 0) is 140 Å². The molecule has 0 N–H and O–H groups in total. The fourth-order valence-corrected chi connectivity index (χ4v) is 11.0. The molecular formula is C50H41N. The lowest BCUT2D eigenvalue weighted by molar-refractivity contribution is 0.327. The van der Waals surface area contributed by atoms with Crippen LogP contribution in [0.4, 0.5) is 17.1 Å². The molecule has 0 saturated heterocycles. The van der Waals surface area contributed by atoms with Crippen LogP contribution in [0, 0.1) is 11.8 Å². The largest absolute Gasteiger partial charge is 0.310 e. The van der Waals surface area contributed by atoms with Gasteiger partial charge in [0.1, 0.15) is 0 Å². The summed E-state index contributed by atoms with van der Waals surface area (Å²) in [5.74, 6) is 1.63. The van der Waals surface area contributed by atoms with E-state index in [1.54, 1.807) is 11.1 Å². The van der Waals surface area contributed by atoms with Crippen molar-refractivity contribution in [2.24, 2.45) is 11.8 Å². The van der Waals surface area contributed by atoms with E-state index in [0.29, 0.717) is 0 Å². The Bertz CT molecular complexity index is 2540. The summed E-state index contributed by atoms with van der Waals surface area (Å²) in [6.45, 7) is 4.76. The summed E-state index contributed by atoms with van der Waals surface area (Å²) in [6.07, 6.45) is 5.46. The third-order valence-electron chi connectivity index (χ3n) is 13.3. The van der Waals surface area contributed by atoms with Crippen LogP contribution in [-0.4, -0.2) is 0 Å². The Morgan fingerprint density at radius 2 is 1.10 bits per heavy atom. The van der Waals surface area contributed by atoms with Crippen molar-refractivity contribution in [3.05, 3.63) is 174 Å². The maximum Gasteiger partial charge on any atom is 0.0468 e. The number of fused-ring (bicyclic) bond motifs is 12. The second kappa shape index (κ2) is 10.6. The fraction of sp³-hybridized carbons (Fsp3) is 0.200. The molecule has 3 unspecified atom stereocenters. The van der Waals surface area contributed by atoms with Gasteiger partial charge in [0, 0.05) is 27.9 Å². The Labute approximate surface area is 301 Å². The molecule has 1 heteroatoms. The van der Waals surface area contributed by atoms with Crippen molar-refractivity contribution in [1.29, 1.82) is 0 Å². The number of rotatable bonds is 4. The Kier molecular flexibility index (Phi) is 6.08. The van der Waals surface area contributed by atoms with Crippen LogP contribution in [0.3, 0.4) is 0 Å². The monoisotopic (exact) mass is 655 g/mol. The van der Waals surface area contributed by atoms with Crippen LogP contribution in [0.2, 0.25) is 0 Å². The van der Waals surface area contributed by atoms with E-state index in [2.05, 4.69) is 170 Å².